The van der Waals surface area contributed by atoms with Gasteiger partial charge in [0.05, 0.1) is 5.57 Å². The first-order valence-electron chi connectivity index (χ1n) is 4.00. The summed E-state index contributed by atoms with van der Waals surface area (Å²) in [4.78, 5) is 0. The van der Waals surface area contributed by atoms with Crippen LogP contribution in [-0.4, -0.2) is 20.5 Å². The zero-order valence-electron chi connectivity index (χ0n) is 8.18. The van der Waals surface area contributed by atoms with E-state index in [4.69, 9.17) is 9.47 Å². The first kappa shape index (κ1) is 11.2. The first-order valence-corrected chi connectivity index (χ1v) is 4.00. The number of allylic oxidation sites excluding steroid dienone is 1. The molecule has 68 valence electrons. The molecule has 0 saturated carbocycles. The van der Waals surface area contributed by atoms with Crippen LogP contribution in [0.2, 0.25) is 0 Å². The van der Waals surface area contributed by atoms with Gasteiger partial charge in [0.1, 0.15) is 0 Å². The van der Waals surface area contributed by atoms with E-state index in [0.717, 1.165) is 12.0 Å². The molecular formula is C10H16O2. The number of hydrogen-bond donors (Lipinski definition) is 0. The third-order valence-corrected chi connectivity index (χ3v) is 1.40. The molecule has 0 spiro atoms. The Hall–Kier alpha value is -0.780. The summed E-state index contributed by atoms with van der Waals surface area (Å²) in [7, 11) is 3.20. The van der Waals surface area contributed by atoms with E-state index in [1.165, 1.54) is 0 Å². The summed E-state index contributed by atoms with van der Waals surface area (Å²) < 4.78 is 10.1. The highest BCUT2D eigenvalue weighted by Crippen LogP contribution is 2.05. The molecule has 0 fully saturated rings. The smallest absolute Gasteiger partial charge is 0.190 e. The van der Waals surface area contributed by atoms with E-state index in [1.54, 1.807) is 14.2 Å². The van der Waals surface area contributed by atoms with Crippen LogP contribution in [-0.2, 0) is 9.47 Å². The molecule has 0 aliphatic carbocycles. The fourth-order valence-electron chi connectivity index (χ4n) is 0.808. The van der Waals surface area contributed by atoms with Gasteiger partial charge in [-0.25, -0.2) is 0 Å². The first-order chi connectivity index (χ1) is 5.79. The van der Waals surface area contributed by atoms with Crippen LogP contribution in [0.25, 0.3) is 0 Å². The Morgan fingerprint density at radius 1 is 1.42 bits per heavy atom. The van der Waals surface area contributed by atoms with E-state index in [9.17, 15) is 0 Å². The zero-order valence-corrected chi connectivity index (χ0v) is 8.18. The molecule has 0 N–H and O–H groups in total. The van der Waals surface area contributed by atoms with E-state index in [2.05, 4.69) is 11.8 Å². The molecule has 0 rings (SSSR count). The summed E-state index contributed by atoms with van der Waals surface area (Å²) in [6.45, 7) is 3.93. The van der Waals surface area contributed by atoms with Crippen LogP contribution in [0.5, 0.6) is 0 Å². The van der Waals surface area contributed by atoms with Crippen molar-refractivity contribution in [3.63, 3.8) is 0 Å². The lowest BCUT2D eigenvalue weighted by Crippen LogP contribution is -2.14. The Morgan fingerprint density at radius 2 is 2.00 bits per heavy atom. The molecule has 2 nitrogen and oxygen atoms in total. The Bertz CT molecular complexity index is 192. The Morgan fingerprint density at radius 3 is 2.33 bits per heavy atom. The molecule has 0 aromatic rings. The lowest BCUT2D eigenvalue weighted by Gasteiger charge is -2.12. The molecule has 0 saturated heterocycles. The van der Waals surface area contributed by atoms with Crippen LogP contribution in [0.15, 0.2) is 11.6 Å². The average molecular weight is 168 g/mol. The topological polar surface area (TPSA) is 18.5 Å². The van der Waals surface area contributed by atoms with Crippen LogP contribution >= 0.6 is 0 Å². The molecule has 0 bridgehead atoms. The fraction of sp³-hybridized carbons (Fsp3) is 0.600. The summed E-state index contributed by atoms with van der Waals surface area (Å²) >= 11 is 0. The van der Waals surface area contributed by atoms with E-state index >= 15 is 0 Å². The summed E-state index contributed by atoms with van der Waals surface area (Å²) in [5.74, 6) is 5.95. The van der Waals surface area contributed by atoms with Gasteiger partial charge in [-0.2, -0.15) is 0 Å². The highest BCUT2D eigenvalue weighted by molar-refractivity contribution is 5.30. The van der Waals surface area contributed by atoms with Crippen LogP contribution < -0.4 is 0 Å². The number of methoxy groups -OCH3 is 2. The van der Waals surface area contributed by atoms with Crippen molar-refractivity contribution in [3.05, 3.63) is 11.6 Å². The van der Waals surface area contributed by atoms with E-state index in [0.29, 0.717) is 0 Å². The van der Waals surface area contributed by atoms with Crippen molar-refractivity contribution < 1.29 is 9.47 Å². The van der Waals surface area contributed by atoms with Crippen LogP contribution in [0.3, 0.4) is 0 Å². The number of hydrogen-bond acceptors (Lipinski definition) is 2. The van der Waals surface area contributed by atoms with E-state index in [1.807, 2.05) is 19.9 Å². The van der Waals surface area contributed by atoms with Crippen molar-refractivity contribution in [3.8, 4) is 11.8 Å². The van der Waals surface area contributed by atoms with Crippen molar-refractivity contribution in [2.75, 3.05) is 14.2 Å². The van der Waals surface area contributed by atoms with E-state index < -0.39 is 0 Å². The second-order valence-corrected chi connectivity index (χ2v) is 2.20. The minimum atomic E-state index is -0.325. The summed E-state index contributed by atoms with van der Waals surface area (Å²) in [5.41, 5.74) is 0.877. The third-order valence-electron chi connectivity index (χ3n) is 1.40. The molecule has 0 radical (unpaired) electrons. The minimum absolute atomic E-state index is 0.325. The van der Waals surface area contributed by atoms with Crippen molar-refractivity contribution >= 4 is 0 Å². The van der Waals surface area contributed by atoms with Crippen LogP contribution in [0.4, 0.5) is 0 Å². The maximum absolute atomic E-state index is 5.06. The Balaban J connectivity index is 4.33. The Kier molecular flexibility index (Phi) is 6.45. The molecule has 0 aliphatic heterocycles. The molecular weight excluding hydrogens is 152 g/mol. The summed E-state index contributed by atoms with van der Waals surface area (Å²) in [6, 6.07) is 0. The molecule has 0 atom stereocenters. The normalized spacial score (nSPS) is 11.2. The van der Waals surface area contributed by atoms with Gasteiger partial charge in [-0.3, -0.25) is 0 Å². The third kappa shape index (κ3) is 3.56. The SMILES string of the molecule is C/C=C(\C#CCC)C(OC)OC. The van der Waals surface area contributed by atoms with Crippen molar-refractivity contribution in [2.24, 2.45) is 0 Å². The lowest BCUT2D eigenvalue weighted by atomic mass is 10.2. The van der Waals surface area contributed by atoms with Crippen molar-refractivity contribution in [1.82, 2.24) is 0 Å². The monoisotopic (exact) mass is 168 g/mol. The molecule has 0 aromatic carbocycles. The Labute approximate surface area is 74.6 Å². The van der Waals surface area contributed by atoms with Gasteiger partial charge >= 0.3 is 0 Å². The molecule has 0 aromatic heterocycles. The number of rotatable bonds is 3. The molecule has 12 heavy (non-hydrogen) atoms. The lowest BCUT2D eigenvalue weighted by molar-refractivity contribution is -0.0718. The molecule has 0 aliphatic rings. The predicted molar refractivity (Wildman–Crippen MR) is 49.6 cm³/mol. The van der Waals surface area contributed by atoms with Gasteiger partial charge < -0.3 is 9.47 Å². The molecule has 0 unspecified atom stereocenters. The predicted octanol–water partition coefficient (Wildman–Crippen LogP) is 1.96. The standard InChI is InChI=1S/C10H16O2/c1-5-7-8-9(6-2)10(11-3)12-4/h6,10H,5H2,1-4H3/b9-6+. The second-order valence-electron chi connectivity index (χ2n) is 2.20. The fourth-order valence-corrected chi connectivity index (χ4v) is 0.808. The van der Waals surface area contributed by atoms with Crippen LogP contribution in [0.1, 0.15) is 20.3 Å². The summed E-state index contributed by atoms with van der Waals surface area (Å²) in [5, 5.41) is 0. The highest BCUT2D eigenvalue weighted by Gasteiger charge is 2.07. The molecule has 0 amide bonds. The van der Waals surface area contributed by atoms with Crippen molar-refractivity contribution in [1.29, 1.82) is 0 Å². The van der Waals surface area contributed by atoms with Gasteiger partial charge in [0.25, 0.3) is 0 Å². The minimum Gasteiger partial charge on any atom is -0.351 e. The largest absolute Gasteiger partial charge is 0.351 e. The molecule has 0 heterocycles. The maximum atomic E-state index is 5.06. The maximum Gasteiger partial charge on any atom is 0.190 e. The van der Waals surface area contributed by atoms with Gasteiger partial charge in [-0.15, -0.1) is 0 Å². The van der Waals surface area contributed by atoms with Gasteiger partial charge in [0.15, 0.2) is 6.29 Å². The zero-order chi connectivity index (χ0) is 9.40. The molecule has 2 heteroatoms. The second kappa shape index (κ2) is 6.90. The highest BCUT2D eigenvalue weighted by atomic mass is 16.7. The average Bonchev–Trinajstić information content (AvgIpc) is 2.12. The number of ether oxygens (including phenoxy) is 2. The van der Waals surface area contributed by atoms with Gasteiger partial charge in [0.2, 0.25) is 0 Å². The van der Waals surface area contributed by atoms with Crippen LogP contribution in [0, 0.1) is 11.8 Å². The van der Waals surface area contributed by atoms with Gasteiger partial charge in [0, 0.05) is 20.6 Å². The van der Waals surface area contributed by atoms with Crippen molar-refractivity contribution in [2.45, 2.75) is 26.6 Å². The summed E-state index contributed by atoms with van der Waals surface area (Å²) in [6.07, 6.45) is 2.42. The van der Waals surface area contributed by atoms with E-state index in [-0.39, 0.29) is 6.29 Å². The quantitative estimate of drug-likeness (QED) is 0.474. The van der Waals surface area contributed by atoms with Gasteiger partial charge in [-0.05, 0) is 6.92 Å². The van der Waals surface area contributed by atoms with Gasteiger partial charge in [-0.1, -0.05) is 24.8 Å².